The molecule has 1 aromatic heterocycles. The third kappa shape index (κ3) is 4.27. The number of amides is 1. The molecule has 3 aromatic rings. The number of carbonyl (C=O) groups excluding carboxylic acids is 3. The maximum absolute atomic E-state index is 12.4. The molecule has 0 aliphatic rings. The molecule has 0 spiro atoms. The molecular formula is C21H17NO6. The third-order valence-corrected chi connectivity index (χ3v) is 3.95. The first kappa shape index (κ1) is 18.9. The van der Waals surface area contributed by atoms with Crippen molar-refractivity contribution in [2.24, 2.45) is 0 Å². The summed E-state index contributed by atoms with van der Waals surface area (Å²) < 4.78 is 15.0. The predicted molar refractivity (Wildman–Crippen MR) is 101 cm³/mol. The van der Waals surface area contributed by atoms with Crippen molar-refractivity contribution in [3.05, 3.63) is 83.3 Å². The molecule has 0 bridgehead atoms. The first-order valence-electron chi connectivity index (χ1n) is 8.34. The monoisotopic (exact) mass is 379 g/mol. The molecule has 0 aliphatic carbocycles. The van der Waals surface area contributed by atoms with Crippen LogP contribution in [0.4, 0.5) is 5.69 Å². The zero-order valence-electron chi connectivity index (χ0n) is 15.2. The van der Waals surface area contributed by atoms with E-state index in [0.29, 0.717) is 11.3 Å². The molecular weight excluding hydrogens is 362 g/mol. The molecule has 0 saturated heterocycles. The van der Waals surface area contributed by atoms with Gasteiger partial charge in [-0.25, -0.2) is 9.59 Å². The van der Waals surface area contributed by atoms with E-state index in [1.807, 2.05) is 0 Å². The van der Waals surface area contributed by atoms with Crippen molar-refractivity contribution >= 4 is 23.5 Å². The second kappa shape index (κ2) is 8.22. The summed E-state index contributed by atoms with van der Waals surface area (Å²) in [5.74, 6) is -1.05. The van der Waals surface area contributed by atoms with Crippen LogP contribution in [-0.4, -0.2) is 25.0 Å². The van der Waals surface area contributed by atoms with Gasteiger partial charge in [0.05, 0.1) is 24.5 Å². The Kier molecular flexibility index (Phi) is 5.55. The molecule has 0 radical (unpaired) electrons. The lowest BCUT2D eigenvalue weighted by Crippen LogP contribution is -2.14. The summed E-state index contributed by atoms with van der Waals surface area (Å²) in [6.45, 7) is 1.80. The SMILES string of the molecule is COC(=O)c1ccc(OC(=O)c2ccc(C)c(NC(=O)c3ccco3)c2)cc1. The van der Waals surface area contributed by atoms with Crippen LogP contribution in [0.25, 0.3) is 0 Å². The van der Waals surface area contributed by atoms with Crippen molar-refractivity contribution in [3.63, 3.8) is 0 Å². The van der Waals surface area contributed by atoms with E-state index in [0.717, 1.165) is 5.56 Å². The fourth-order valence-corrected chi connectivity index (χ4v) is 2.42. The van der Waals surface area contributed by atoms with Crippen LogP contribution < -0.4 is 10.1 Å². The van der Waals surface area contributed by atoms with Gasteiger partial charge in [0.25, 0.3) is 5.91 Å². The quantitative estimate of drug-likeness (QED) is 0.534. The Bertz CT molecular complexity index is 1010. The number of rotatable bonds is 5. The van der Waals surface area contributed by atoms with E-state index in [4.69, 9.17) is 9.15 Å². The molecule has 0 saturated carbocycles. The topological polar surface area (TPSA) is 94.8 Å². The number of nitrogens with one attached hydrogen (secondary N) is 1. The van der Waals surface area contributed by atoms with Gasteiger partial charge in [0.2, 0.25) is 0 Å². The van der Waals surface area contributed by atoms with Crippen LogP contribution >= 0.6 is 0 Å². The largest absolute Gasteiger partial charge is 0.465 e. The van der Waals surface area contributed by atoms with E-state index in [2.05, 4.69) is 10.1 Å². The molecule has 7 nitrogen and oxygen atoms in total. The lowest BCUT2D eigenvalue weighted by molar-refractivity contribution is 0.0600. The average Bonchev–Trinajstić information content (AvgIpc) is 3.24. The van der Waals surface area contributed by atoms with Gasteiger partial charge in [0.15, 0.2) is 5.76 Å². The summed E-state index contributed by atoms with van der Waals surface area (Å²) in [7, 11) is 1.29. The molecule has 0 unspecified atom stereocenters. The predicted octanol–water partition coefficient (Wildman–Crippen LogP) is 3.85. The highest BCUT2D eigenvalue weighted by Crippen LogP contribution is 2.20. The molecule has 0 fully saturated rings. The van der Waals surface area contributed by atoms with Crippen LogP contribution in [0, 0.1) is 6.92 Å². The molecule has 1 N–H and O–H groups in total. The minimum atomic E-state index is -0.598. The van der Waals surface area contributed by atoms with E-state index in [1.54, 1.807) is 31.2 Å². The second-order valence-electron chi connectivity index (χ2n) is 5.87. The average molecular weight is 379 g/mol. The first-order chi connectivity index (χ1) is 13.5. The minimum absolute atomic E-state index is 0.165. The fraction of sp³-hybridized carbons (Fsp3) is 0.0952. The number of hydrogen-bond donors (Lipinski definition) is 1. The van der Waals surface area contributed by atoms with Gasteiger partial charge in [0, 0.05) is 5.69 Å². The van der Waals surface area contributed by atoms with Crippen LogP contribution in [0.2, 0.25) is 0 Å². The highest BCUT2D eigenvalue weighted by Gasteiger charge is 2.15. The van der Waals surface area contributed by atoms with Crippen LogP contribution in [0.5, 0.6) is 5.75 Å². The van der Waals surface area contributed by atoms with Gasteiger partial charge in [0.1, 0.15) is 5.75 Å². The Morgan fingerprint density at radius 3 is 2.29 bits per heavy atom. The number of carbonyl (C=O) groups is 3. The van der Waals surface area contributed by atoms with Gasteiger partial charge < -0.3 is 19.2 Å². The number of aryl methyl sites for hydroxylation is 1. The van der Waals surface area contributed by atoms with Crippen molar-refractivity contribution in [1.29, 1.82) is 0 Å². The maximum atomic E-state index is 12.4. The molecule has 7 heteroatoms. The lowest BCUT2D eigenvalue weighted by Gasteiger charge is -2.10. The van der Waals surface area contributed by atoms with Gasteiger partial charge in [-0.15, -0.1) is 0 Å². The van der Waals surface area contributed by atoms with Gasteiger partial charge in [-0.1, -0.05) is 6.07 Å². The van der Waals surface area contributed by atoms with E-state index in [1.165, 1.54) is 43.7 Å². The Balaban J connectivity index is 1.73. The summed E-state index contributed by atoms with van der Waals surface area (Å²) >= 11 is 0. The highest BCUT2D eigenvalue weighted by molar-refractivity contribution is 6.03. The van der Waals surface area contributed by atoms with Crippen molar-refractivity contribution in [2.75, 3.05) is 12.4 Å². The number of esters is 2. The van der Waals surface area contributed by atoms with E-state index >= 15 is 0 Å². The number of furan rings is 1. The number of methoxy groups -OCH3 is 1. The Labute approximate surface area is 160 Å². The standard InChI is InChI=1S/C21H17NO6/c1-13-5-6-15(12-17(13)22-19(23)18-4-3-11-27-18)21(25)28-16-9-7-14(8-10-16)20(24)26-2/h3-12H,1-2H3,(H,22,23). The molecule has 2 aromatic carbocycles. The normalized spacial score (nSPS) is 10.2. The molecule has 0 atom stereocenters. The minimum Gasteiger partial charge on any atom is -0.465 e. The first-order valence-corrected chi connectivity index (χ1v) is 8.34. The van der Waals surface area contributed by atoms with Crippen LogP contribution in [0.1, 0.15) is 36.8 Å². The Morgan fingerprint density at radius 2 is 1.64 bits per heavy atom. The van der Waals surface area contributed by atoms with Gasteiger partial charge in [-0.3, -0.25) is 4.79 Å². The number of anilines is 1. The Morgan fingerprint density at radius 1 is 0.929 bits per heavy atom. The van der Waals surface area contributed by atoms with Crippen molar-refractivity contribution < 1.29 is 28.3 Å². The molecule has 142 valence electrons. The van der Waals surface area contributed by atoms with Crippen molar-refractivity contribution in [3.8, 4) is 5.75 Å². The van der Waals surface area contributed by atoms with E-state index in [-0.39, 0.29) is 17.1 Å². The van der Waals surface area contributed by atoms with E-state index < -0.39 is 17.8 Å². The van der Waals surface area contributed by atoms with Gasteiger partial charge in [-0.05, 0) is 61.0 Å². The number of benzene rings is 2. The number of ether oxygens (including phenoxy) is 2. The summed E-state index contributed by atoms with van der Waals surface area (Å²) in [5, 5.41) is 2.71. The molecule has 1 heterocycles. The molecule has 0 aliphatic heterocycles. The molecule has 1 amide bonds. The molecule has 3 rings (SSSR count). The Hall–Kier alpha value is -3.87. The lowest BCUT2D eigenvalue weighted by atomic mass is 10.1. The maximum Gasteiger partial charge on any atom is 0.343 e. The summed E-state index contributed by atoms with van der Waals surface area (Å²) in [6.07, 6.45) is 1.40. The van der Waals surface area contributed by atoms with Crippen LogP contribution in [0.15, 0.2) is 65.3 Å². The second-order valence-corrected chi connectivity index (χ2v) is 5.87. The van der Waals surface area contributed by atoms with Crippen LogP contribution in [-0.2, 0) is 4.74 Å². The summed E-state index contributed by atoms with van der Waals surface area (Å²) in [4.78, 5) is 36.0. The summed E-state index contributed by atoms with van der Waals surface area (Å²) in [5.41, 5.74) is 1.86. The smallest absolute Gasteiger partial charge is 0.343 e. The van der Waals surface area contributed by atoms with Crippen molar-refractivity contribution in [1.82, 2.24) is 0 Å². The zero-order chi connectivity index (χ0) is 20.1. The van der Waals surface area contributed by atoms with Crippen molar-refractivity contribution in [2.45, 2.75) is 6.92 Å². The van der Waals surface area contributed by atoms with Gasteiger partial charge >= 0.3 is 11.9 Å². The third-order valence-electron chi connectivity index (χ3n) is 3.95. The summed E-state index contributed by atoms with van der Waals surface area (Å²) in [6, 6.07) is 14.0. The number of hydrogen-bond acceptors (Lipinski definition) is 6. The van der Waals surface area contributed by atoms with E-state index in [9.17, 15) is 14.4 Å². The van der Waals surface area contributed by atoms with Gasteiger partial charge in [-0.2, -0.15) is 0 Å². The zero-order valence-corrected chi connectivity index (χ0v) is 15.2. The molecule has 28 heavy (non-hydrogen) atoms. The fourth-order valence-electron chi connectivity index (χ4n) is 2.42. The highest BCUT2D eigenvalue weighted by atomic mass is 16.5. The van der Waals surface area contributed by atoms with Crippen LogP contribution in [0.3, 0.4) is 0 Å².